The predicted molar refractivity (Wildman–Crippen MR) is 84.5 cm³/mol. The van der Waals surface area contributed by atoms with Crippen LogP contribution >= 0.6 is 46.9 Å². The first-order chi connectivity index (χ1) is 10.6. The Morgan fingerprint density at radius 2 is 1.88 bits per heavy atom. The third-order valence-corrected chi connectivity index (χ3v) is 5.61. The van der Waals surface area contributed by atoms with Crippen molar-refractivity contribution in [2.45, 2.75) is 16.4 Å². The number of thioether (sulfide) groups is 1. The maximum absolute atomic E-state index is 13.6. The average molecular weight is 489 g/mol. The van der Waals surface area contributed by atoms with Gasteiger partial charge in [-0.15, -0.1) is 11.8 Å². The molecular weight excluding hydrogens is 481 g/mol. The van der Waals surface area contributed by atoms with Crippen molar-refractivity contribution >= 4 is 46.9 Å². The van der Waals surface area contributed by atoms with Gasteiger partial charge < -0.3 is 14.4 Å². The first-order valence-corrected chi connectivity index (χ1v) is 9.74. The number of hydrogen-bond acceptors (Lipinski definition) is 5. The molecule has 0 bridgehead atoms. The van der Waals surface area contributed by atoms with Crippen LogP contribution < -0.4 is 68.9 Å². The van der Waals surface area contributed by atoms with Crippen molar-refractivity contribution < 1.29 is 82.2 Å². The standard InChI is InChI=1S/C13H10BrClF2NO3PS.2Na/c14-11-5-8(7-23-12-4-2-9(15)6-18-12)1-3-10(11)13(16,17)22(19,20)21;;/h1-6H,7H2,(H2,19,20,21);;/q;2*+1/p-2. The van der Waals surface area contributed by atoms with E-state index in [1.165, 1.54) is 30.1 Å². The topological polar surface area (TPSA) is 76.1 Å². The largest absolute Gasteiger partial charge is 1.00 e. The fraction of sp³-hybridized carbons (Fsp3) is 0.154. The van der Waals surface area contributed by atoms with Crippen LogP contribution in [0.15, 0.2) is 46.0 Å². The molecule has 0 amide bonds. The van der Waals surface area contributed by atoms with Gasteiger partial charge in [0.05, 0.1) is 10.0 Å². The SMILES string of the molecule is O=P([O-])([O-])C(F)(F)c1ccc(CSc2ccc(Cl)cn2)cc1Br.[Na+].[Na+]. The van der Waals surface area contributed by atoms with Crippen LogP contribution in [0.3, 0.4) is 0 Å². The zero-order valence-corrected chi connectivity index (χ0v) is 21.3. The van der Waals surface area contributed by atoms with Crippen molar-refractivity contribution in [1.29, 1.82) is 0 Å². The second-order valence-corrected chi connectivity index (χ2v) is 8.30. The summed E-state index contributed by atoms with van der Waals surface area (Å²) < 4.78 is 37.8. The van der Waals surface area contributed by atoms with Crippen molar-refractivity contribution in [3.63, 3.8) is 0 Å². The van der Waals surface area contributed by atoms with E-state index >= 15 is 0 Å². The molecule has 0 saturated heterocycles. The van der Waals surface area contributed by atoms with E-state index in [0.29, 0.717) is 21.4 Å². The number of pyridine rings is 1. The maximum Gasteiger partial charge on any atom is 1.00 e. The average Bonchev–Trinajstić information content (AvgIpc) is 2.45. The molecular formula is C13H8BrClF2NNa2O3PS. The van der Waals surface area contributed by atoms with Crippen LogP contribution in [0.5, 0.6) is 0 Å². The van der Waals surface area contributed by atoms with Crippen molar-refractivity contribution in [3.8, 4) is 0 Å². The van der Waals surface area contributed by atoms with Crippen LogP contribution in [0.25, 0.3) is 0 Å². The summed E-state index contributed by atoms with van der Waals surface area (Å²) in [4.78, 5) is 25.5. The van der Waals surface area contributed by atoms with E-state index in [9.17, 15) is 23.1 Å². The summed E-state index contributed by atoms with van der Waals surface area (Å²) >= 11 is 9.97. The quantitative estimate of drug-likeness (QED) is 0.270. The molecule has 0 aliphatic heterocycles. The van der Waals surface area contributed by atoms with E-state index in [4.69, 9.17) is 11.6 Å². The minimum atomic E-state index is -6.09. The number of aromatic nitrogens is 1. The number of alkyl halides is 2. The summed E-state index contributed by atoms with van der Waals surface area (Å²) in [6, 6.07) is 7.01. The molecule has 0 fully saturated rings. The molecule has 0 aliphatic carbocycles. The first-order valence-electron chi connectivity index (χ1n) is 6.04. The molecule has 25 heavy (non-hydrogen) atoms. The summed E-state index contributed by atoms with van der Waals surface area (Å²) in [5.41, 5.74) is -4.68. The van der Waals surface area contributed by atoms with Gasteiger partial charge in [-0.1, -0.05) is 39.7 Å². The van der Waals surface area contributed by atoms with E-state index < -0.39 is 18.8 Å². The van der Waals surface area contributed by atoms with Gasteiger partial charge in [-0.2, -0.15) is 8.78 Å². The minimum absolute atomic E-state index is 0. The third-order valence-electron chi connectivity index (χ3n) is 2.79. The van der Waals surface area contributed by atoms with Gasteiger partial charge in [0.1, 0.15) is 0 Å². The van der Waals surface area contributed by atoms with Crippen LogP contribution in [0.2, 0.25) is 5.02 Å². The summed E-state index contributed by atoms with van der Waals surface area (Å²) in [6.45, 7) is 0. The van der Waals surface area contributed by atoms with Crippen LogP contribution in [0.4, 0.5) is 8.78 Å². The van der Waals surface area contributed by atoms with E-state index in [2.05, 4.69) is 20.9 Å². The Kier molecular flexibility index (Phi) is 11.5. The van der Waals surface area contributed by atoms with E-state index in [1.54, 1.807) is 12.1 Å². The number of rotatable bonds is 5. The monoisotopic (exact) mass is 487 g/mol. The second kappa shape index (κ2) is 10.9. The molecule has 0 atom stereocenters. The van der Waals surface area contributed by atoms with Crippen molar-refractivity contribution in [2.24, 2.45) is 0 Å². The Hall–Kier alpha value is 1.50. The van der Waals surface area contributed by atoms with Gasteiger partial charge in [0.2, 0.25) is 0 Å². The molecule has 12 heteroatoms. The summed E-state index contributed by atoms with van der Waals surface area (Å²) in [6.07, 6.45) is 1.49. The molecule has 0 unspecified atom stereocenters. The fourth-order valence-corrected chi connectivity index (χ4v) is 3.86. The molecule has 2 aromatic rings. The molecule has 124 valence electrons. The molecule has 0 radical (unpaired) electrons. The molecule has 1 heterocycles. The molecule has 1 aromatic carbocycles. The van der Waals surface area contributed by atoms with Crippen LogP contribution in [-0.2, 0) is 16.0 Å². The van der Waals surface area contributed by atoms with Crippen molar-refractivity contribution in [1.82, 2.24) is 4.98 Å². The zero-order valence-electron chi connectivity index (χ0n) is 13.2. The second-order valence-electron chi connectivity index (χ2n) is 4.46. The summed E-state index contributed by atoms with van der Waals surface area (Å²) in [5.74, 6) is 0.422. The molecule has 0 saturated carbocycles. The van der Waals surface area contributed by atoms with E-state index in [1.807, 2.05) is 0 Å². The van der Waals surface area contributed by atoms with Gasteiger partial charge in [0.25, 0.3) is 5.66 Å². The molecule has 1 aromatic heterocycles. The summed E-state index contributed by atoms with van der Waals surface area (Å²) in [7, 11) is -6.09. The third kappa shape index (κ3) is 7.11. The first kappa shape index (κ1) is 26.5. The Morgan fingerprint density at radius 1 is 1.24 bits per heavy atom. The van der Waals surface area contributed by atoms with Crippen molar-refractivity contribution in [2.75, 3.05) is 0 Å². The van der Waals surface area contributed by atoms with Gasteiger partial charge >= 0.3 is 59.1 Å². The predicted octanol–water partition coefficient (Wildman–Crippen LogP) is -2.24. The number of nitrogens with zero attached hydrogens (tertiary/aromatic N) is 1. The van der Waals surface area contributed by atoms with Crippen LogP contribution in [-0.4, -0.2) is 4.98 Å². The number of benzene rings is 1. The van der Waals surface area contributed by atoms with Crippen molar-refractivity contribution in [3.05, 3.63) is 57.2 Å². The Morgan fingerprint density at radius 3 is 2.36 bits per heavy atom. The Balaban J connectivity index is 0.00000288. The van der Waals surface area contributed by atoms with Gasteiger partial charge in [0.15, 0.2) is 0 Å². The summed E-state index contributed by atoms with van der Waals surface area (Å²) in [5, 5.41) is 1.20. The van der Waals surface area contributed by atoms with Crippen LogP contribution in [0, 0.1) is 0 Å². The Bertz CT molecular complexity index is 767. The molecule has 0 N–H and O–H groups in total. The molecule has 0 spiro atoms. The fourth-order valence-electron chi connectivity index (χ4n) is 1.64. The van der Waals surface area contributed by atoms with Gasteiger partial charge in [-0.25, -0.2) is 4.98 Å². The number of hydrogen-bond donors (Lipinski definition) is 0. The molecule has 4 nitrogen and oxygen atoms in total. The van der Waals surface area contributed by atoms with Crippen LogP contribution in [0.1, 0.15) is 11.1 Å². The molecule has 0 aliphatic rings. The Labute approximate surface area is 205 Å². The zero-order chi connectivity index (χ0) is 17.3. The van der Waals surface area contributed by atoms with E-state index in [-0.39, 0.29) is 63.6 Å². The maximum atomic E-state index is 13.6. The minimum Gasteiger partial charge on any atom is -0.806 e. The van der Waals surface area contributed by atoms with Gasteiger partial charge in [-0.05, 0) is 23.8 Å². The normalized spacial score (nSPS) is 11.4. The van der Waals surface area contributed by atoms with Gasteiger partial charge in [0, 0.05) is 29.6 Å². The smallest absolute Gasteiger partial charge is 0.806 e. The van der Waals surface area contributed by atoms with E-state index in [0.717, 1.165) is 6.07 Å². The molecule has 2 rings (SSSR count). The van der Waals surface area contributed by atoms with Gasteiger partial charge in [-0.3, -0.25) is 0 Å². The number of halogens is 4.